The van der Waals surface area contributed by atoms with Crippen molar-refractivity contribution in [1.29, 1.82) is 5.26 Å². The van der Waals surface area contributed by atoms with E-state index in [9.17, 15) is 13.2 Å². The van der Waals surface area contributed by atoms with E-state index in [1.54, 1.807) is 12.4 Å². The van der Waals surface area contributed by atoms with Gasteiger partial charge in [-0.3, -0.25) is 4.90 Å². The standard InChI is InChI=1S/C20H23N5O.C2HF3O2/c21-12-16-3-1-4-17(11-16)13-24-8-5-18-14-25(9-10-26-19(18)15-24)20-22-6-2-7-23-20;3-2(4,5)1(6)7/h1-4,6-7,11,18-19H,5,8-10,13-15H2;(H,6,7)/t18-,19-;/m1./s1. The summed E-state index contributed by atoms with van der Waals surface area (Å²) in [4.78, 5) is 22.4. The molecule has 1 aromatic heterocycles. The monoisotopic (exact) mass is 463 g/mol. The average molecular weight is 463 g/mol. The first-order chi connectivity index (χ1) is 15.8. The second-order valence-corrected chi connectivity index (χ2v) is 7.80. The number of benzene rings is 1. The number of carboxylic acids is 1. The molecule has 0 radical (unpaired) electrons. The van der Waals surface area contributed by atoms with E-state index in [4.69, 9.17) is 19.9 Å². The molecule has 2 fully saturated rings. The van der Waals surface area contributed by atoms with E-state index in [2.05, 4.69) is 31.9 Å². The number of carbonyl (C=O) groups is 1. The molecule has 2 aliphatic heterocycles. The van der Waals surface area contributed by atoms with E-state index in [1.165, 1.54) is 5.56 Å². The summed E-state index contributed by atoms with van der Waals surface area (Å²) in [6, 6.07) is 11.9. The lowest BCUT2D eigenvalue weighted by Gasteiger charge is -2.38. The van der Waals surface area contributed by atoms with Crippen LogP contribution in [-0.4, -0.2) is 71.0 Å². The Morgan fingerprint density at radius 3 is 2.61 bits per heavy atom. The predicted molar refractivity (Wildman–Crippen MR) is 112 cm³/mol. The lowest BCUT2D eigenvalue weighted by atomic mass is 9.93. The van der Waals surface area contributed by atoms with E-state index in [1.807, 2.05) is 24.3 Å². The maximum absolute atomic E-state index is 10.6. The van der Waals surface area contributed by atoms with Crippen LogP contribution < -0.4 is 4.90 Å². The highest BCUT2D eigenvalue weighted by Gasteiger charge is 2.38. The number of fused-ring (bicyclic) bond motifs is 1. The van der Waals surface area contributed by atoms with Gasteiger partial charge in [0.2, 0.25) is 5.95 Å². The maximum Gasteiger partial charge on any atom is 0.490 e. The highest BCUT2D eigenvalue weighted by Crippen LogP contribution is 2.26. The van der Waals surface area contributed by atoms with E-state index in [-0.39, 0.29) is 6.10 Å². The number of carboxylic acid groups (broad SMARTS) is 1. The molecule has 2 aromatic rings. The third-order valence-corrected chi connectivity index (χ3v) is 5.47. The zero-order valence-corrected chi connectivity index (χ0v) is 17.8. The quantitative estimate of drug-likeness (QED) is 0.741. The van der Waals surface area contributed by atoms with Crippen molar-refractivity contribution in [3.05, 3.63) is 53.9 Å². The van der Waals surface area contributed by atoms with Gasteiger partial charge in [0.1, 0.15) is 0 Å². The van der Waals surface area contributed by atoms with Crippen LogP contribution in [0.2, 0.25) is 0 Å². The Balaban J connectivity index is 0.000000383. The molecule has 3 heterocycles. The summed E-state index contributed by atoms with van der Waals surface area (Å²) < 4.78 is 37.9. The number of likely N-dealkylation sites (tertiary alicyclic amines) is 1. The van der Waals surface area contributed by atoms with Crippen molar-refractivity contribution in [1.82, 2.24) is 14.9 Å². The van der Waals surface area contributed by atoms with Crippen LogP contribution in [0.4, 0.5) is 19.1 Å². The number of ether oxygens (including phenoxy) is 1. The van der Waals surface area contributed by atoms with Gasteiger partial charge in [0, 0.05) is 44.5 Å². The number of aliphatic carboxylic acids is 1. The SMILES string of the molecule is N#Cc1cccc(CN2CC[C@@H]3CN(c4ncccn4)CCO[C@@H]3C2)c1.O=C(O)C(F)(F)F. The summed E-state index contributed by atoms with van der Waals surface area (Å²) in [5.74, 6) is -1.46. The Kier molecular flexibility index (Phi) is 8.19. The van der Waals surface area contributed by atoms with Crippen molar-refractivity contribution in [2.24, 2.45) is 5.92 Å². The minimum absolute atomic E-state index is 0.247. The molecule has 2 saturated heterocycles. The zero-order chi connectivity index (χ0) is 23.8. The molecule has 4 rings (SSSR count). The van der Waals surface area contributed by atoms with E-state index in [0.717, 1.165) is 50.7 Å². The van der Waals surface area contributed by atoms with Crippen LogP contribution in [0, 0.1) is 17.2 Å². The highest BCUT2D eigenvalue weighted by molar-refractivity contribution is 5.73. The Morgan fingerprint density at radius 1 is 1.21 bits per heavy atom. The third kappa shape index (κ3) is 7.13. The zero-order valence-electron chi connectivity index (χ0n) is 17.8. The molecule has 11 heteroatoms. The number of nitrogens with zero attached hydrogens (tertiary/aromatic N) is 5. The summed E-state index contributed by atoms with van der Waals surface area (Å²) in [5.41, 5.74) is 1.91. The molecule has 0 bridgehead atoms. The molecule has 1 N–H and O–H groups in total. The second kappa shape index (κ2) is 11.1. The van der Waals surface area contributed by atoms with Gasteiger partial charge in [0.25, 0.3) is 0 Å². The molecule has 0 spiro atoms. The summed E-state index contributed by atoms with van der Waals surface area (Å²) in [6.45, 7) is 5.34. The molecule has 2 aliphatic rings. The van der Waals surface area contributed by atoms with Gasteiger partial charge in [-0.15, -0.1) is 0 Å². The molecule has 0 amide bonds. The largest absolute Gasteiger partial charge is 0.490 e. The first-order valence-electron chi connectivity index (χ1n) is 10.4. The van der Waals surface area contributed by atoms with E-state index < -0.39 is 12.1 Å². The summed E-state index contributed by atoms with van der Waals surface area (Å²) in [5, 5.41) is 16.2. The number of halogens is 3. The molecule has 8 nitrogen and oxygen atoms in total. The number of alkyl halides is 3. The van der Waals surface area contributed by atoms with E-state index >= 15 is 0 Å². The van der Waals surface area contributed by atoms with Crippen molar-refractivity contribution in [3.63, 3.8) is 0 Å². The van der Waals surface area contributed by atoms with Crippen LogP contribution in [0.25, 0.3) is 0 Å². The van der Waals surface area contributed by atoms with Crippen LogP contribution in [0.15, 0.2) is 42.7 Å². The molecule has 0 unspecified atom stereocenters. The number of piperidine rings is 1. The van der Waals surface area contributed by atoms with Crippen LogP contribution in [0.3, 0.4) is 0 Å². The maximum atomic E-state index is 10.6. The number of hydrogen-bond donors (Lipinski definition) is 1. The van der Waals surface area contributed by atoms with Crippen LogP contribution in [0.5, 0.6) is 0 Å². The fourth-order valence-corrected chi connectivity index (χ4v) is 3.89. The number of hydrogen-bond acceptors (Lipinski definition) is 7. The molecular formula is C22H24F3N5O3. The number of nitriles is 1. The van der Waals surface area contributed by atoms with Gasteiger partial charge < -0.3 is 14.7 Å². The molecular weight excluding hydrogens is 439 g/mol. The van der Waals surface area contributed by atoms with Crippen molar-refractivity contribution in [2.45, 2.75) is 25.2 Å². The number of anilines is 1. The van der Waals surface area contributed by atoms with Crippen molar-refractivity contribution < 1.29 is 27.8 Å². The van der Waals surface area contributed by atoms with Crippen LogP contribution in [-0.2, 0) is 16.1 Å². The second-order valence-electron chi connectivity index (χ2n) is 7.80. The lowest BCUT2D eigenvalue weighted by Crippen LogP contribution is -2.46. The topological polar surface area (TPSA) is 103 Å². The van der Waals surface area contributed by atoms with Crippen molar-refractivity contribution >= 4 is 11.9 Å². The van der Waals surface area contributed by atoms with Gasteiger partial charge in [-0.2, -0.15) is 18.4 Å². The predicted octanol–water partition coefficient (Wildman–Crippen LogP) is 2.71. The Bertz CT molecular complexity index is 968. The fraction of sp³-hybridized carbons (Fsp3) is 0.455. The van der Waals surface area contributed by atoms with Gasteiger partial charge in [-0.25, -0.2) is 14.8 Å². The van der Waals surface area contributed by atoms with Gasteiger partial charge in [-0.1, -0.05) is 12.1 Å². The molecule has 0 saturated carbocycles. The summed E-state index contributed by atoms with van der Waals surface area (Å²) in [6.07, 6.45) is -0.143. The van der Waals surface area contributed by atoms with Crippen LogP contribution in [0.1, 0.15) is 17.5 Å². The Hall–Kier alpha value is -3.23. The average Bonchev–Trinajstić information content (AvgIpc) is 3.02. The first kappa shape index (κ1) is 24.4. The minimum atomic E-state index is -5.08. The normalized spacial score (nSPS) is 21.1. The summed E-state index contributed by atoms with van der Waals surface area (Å²) >= 11 is 0. The minimum Gasteiger partial charge on any atom is -0.475 e. The molecule has 176 valence electrons. The van der Waals surface area contributed by atoms with Crippen molar-refractivity contribution in [3.8, 4) is 6.07 Å². The van der Waals surface area contributed by atoms with Gasteiger partial charge in [0.05, 0.1) is 24.3 Å². The van der Waals surface area contributed by atoms with Crippen LogP contribution >= 0.6 is 0 Å². The van der Waals surface area contributed by atoms with Gasteiger partial charge >= 0.3 is 12.1 Å². The first-order valence-corrected chi connectivity index (χ1v) is 10.4. The van der Waals surface area contributed by atoms with Crippen molar-refractivity contribution in [2.75, 3.05) is 37.7 Å². The fourth-order valence-electron chi connectivity index (χ4n) is 3.89. The lowest BCUT2D eigenvalue weighted by molar-refractivity contribution is -0.192. The summed E-state index contributed by atoms with van der Waals surface area (Å²) in [7, 11) is 0. The smallest absolute Gasteiger partial charge is 0.475 e. The highest BCUT2D eigenvalue weighted by atomic mass is 19.4. The number of rotatable bonds is 3. The molecule has 1 aromatic carbocycles. The Labute approximate surface area is 189 Å². The van der Waals surface area contributed by atoms with E-state index in [0.29, 0.717) is 12.5 Å². The van der Waals surface area contributed by atoms with Gasteiger partial charge in [-0.05, 0) is 36.7 Å². The van der Waals surface area contributed by atoms with Gasteiger partial charge in [0.15, 0.2) is 0 Å². The molecule has 0 aliphatic carbocycles. The molecule has 2 atom stereocenters. The number of aromatic nitrogens is 2. The molecule has 33 heavy (non-hydrogen) atoms. The third-order valence-electron chi connectivity index (χ3n) is 5.47. The Morgan fingerprint density at radius 2 is 1.94 bits per heavy atom.